The molecule has 0 aliphatic heterocycles. The minimum absolute atomic E-state index is 0.178. The maximum atomic E-state index is 13.0. The summed E-state index contributed by atoms with van der Waals surface area (Å²) >= 11 is 0. The quantitative estimate of drug-likeness (QED) is 0.0882. The van der Waals surface area contributed by atoms with E-state index in [2.05, 4.69) is 19.2 Å². The van der Waals surface area contributed by atoms with Gasteiger partial charge >= 0.3 is 11.9 Å². The molecule has 1 aromatic rings. The standard InChI is InChI=1S/C35H59NO5/c1-4-7-9-11-13-15-17-19-24-28-31(37)36-33(35(39)40-6-3)34(30-26-22-21-23-27-30)41-32(38)29-25-20-18-16-14-12-10-8-5-2/h21-23,26-27,33-34H,4-20,24-25,28-29H2,1-3H3,(H,36,37). The highest BCUT2D eigenvalue weighted by Gasteiger charge is 2.35. The third-order valence-electron chi connectivity index (χ3n) is 7.54. The van der Waals surface area contributed by atoms with Gasteiger partial charge in [0.1, 0.15) is 0 Å². The van der Waals surface area contributed by atoms with Crippen LogP contribution in [-0.2, 0) is 23.9 Å². The third kappa shape index (κ3) is 18.6. The van der Waals surface area contributed by atoms with E-state index in [-0.39, 0.29) is 18.5 Å². The van der Waals surface area contributed by atoms with E-state index in [0.29, 0.717) is 18.4 Å². The maximum absolute atomic E-state index is 13.0. The Morgan fingerprint density at radius 2 is 1.10 bits per heavy atom. The van der Waals surface area contributed by atoms with Crippen molar-refractivity contribution in [2.45, 2.75) is 161 Å². The summed E-state index contributed by atoms with van der Waals surface area (Å²) in [6.45, 7) is 6.36. The highest BCUT2D eigenvalue weighted by atomic mass is 16.6. The monoisotopic (exact) mass is 573 g/mol. The van der Waals surface area contributed by atoms with Gasteiger partial charge in [-0.3, -0.25) is 9.59 Å². The van der Waals surface area contributed by atoms with Crippen LogP contribution >= 0.6 is 0 Å². The second kappa shape index (κ2) is 25.3. The van der Waals surface area contributed by atoms with Crippen LogP contribution in [0.15, 0.2) is 30.3 Å². The van der Waals surface area contributed by atoms with Crippen molar-refractivity contribution in [2.24, 2.45) is 0 Å². The van der Waals surface area contributed by atoms with E-state index in [1.165, 1.54) is 77.0 Å². The average molecular weight is 574 g/mol. The van der Waals surface area contributed by atoms with E-state index in [9.17, 15) is 14.4 Å². The fourth-order valence-corrected chi connectivity index (χ4v) is 5.08. The molecule has 0 spiro atoms. The van der Waals surface area contributed by atoms with Crippen LogP contribution in [0.1, 0.15) is 161 Å². The summed E-state index contributed by atoms with van der Waals surface area (Å²) in [5.41, 5.74) is 0.661. The summed E-state index contributed by atoms with van der Waals surface area (Å²) in [6.07, 6.45) is 20.6. The van der Waals surface area contributed by atoms with Crippen molar-refractivity contribution in [1.29, 1.82) is 0 Å². The van der Waals surface area contributed by atoms with Gasteiger partial charge in [0.05, 0.1) is 6.61 Å². The Kier molecular flexibility index (Phi) is 22.7. The highest BCUT2D eigenvalue weighted by Crippen LogP contribution is 2.24. The Hall–Kier alpha value is -2.37. The van der Waals surface area contributed by atoms with Crippen LogP contribution in [0.5, 0.6) is 0 Å². The predicted molar refractivity (Wildman–Crippen MR) is 168 cm³/mol. The van der Waals surface area contributed by atoms with Crippen LogP contribution in [0.4, 0.5) is 0 Å². The van der Waals surface area contributed by atoms with Gasteiger partial charge < -0.3 is 14.8 Å². The average Bonchev–Trinajstić information content (AvgIpc) is 2.97. The number of nitrogens with one attached hydrogen (secondary N) is 1. The zero-order chi connectivity index (χ0) is 30.0. The molecule has 1 N–H and O–H groups in total. The normalized spacial score (nSPS) is 12.5. The van der Waals surface area contributed by atoms with Gasteiger partial charge in [-0.1, -0.05) is 147 Å². The number of rotatable bonds is 26. The lowest BCUT2D eigenvalue weighted by Gasteiger charge is -2.27. The van der Waals surface area contributed by atoms with E-state index in [4.69, 9.17) is 9.47 Å². The van der Waals surface area contributed by atoms with Gasteiger partial charge in [0.15, 0.2) is 12.1 Å². The minimum atomic E-state index is -1.09. The smallest absolute Gasteiger partial charge is 0.332 e. The molecule has 0 aliphatic rings. The molecule has 41 heavy (non-hydrogen) atoms. The van der Waals surface area contributed by atoms with Crippen LogP contribution in [-0.4, -0.2) is 30.5 Å². The second-order valence-corrected chi connectivity index (χ2v) is 11.3. The summed E-state index contributed by atoms with van der Waals surface area (Å²) in [5, 5.41) is 2.84. The Balaban J connectivity index is 2.63. The lowest BCUT2D eigenvalue weighted by molar-refractivity contribution is -0.160. The van der Waals surface area contributed by atoms with Gasteiger partial charge in [-0.25, -0.2) is 4.79 Å². The van der Waals surface area contributed by atoms with Crippen molar-refractivity contribution in [3.63, 3.8) is 0 Å². The molecule has 1 amide bonds. The van der Waals surface area contributed by atoms with Crippen molar-refractivity contribution < 1.29 is 23.9 Å². The van der Waals surface area contributed by atoms with Crippen LogP contribution < -0.4 is 5.32 Å². The van der Waals surface area contributed by atoms with Crippen molar-refractivity contribution in [1.82, 2.24) is 5.32 Å². The number of ether oxygens (including phenoxy) is 2. The first kappa shape index (κ1) is 36.7. The molecule has 0 aliphatic carbocycles. The lowest BCUT2D eigenvalue weighted by atomic mass is 10.0. The number of amides is 1. The second-order valence-electron chi connectivity index (χ2n) is 11.3. The number of unbranched alkanes of at least 4 members (excludes halogenated alkanes) is 16. The van der Waals surface area contributed by atoms with Crippen LogP contribution in [0.2, 0.25) is 0 Å². The number of hydrogen-bond donors (Lipinski definition) is 1. The number of benzene rings is 1. The van der Waals surface area contributed by atoms with Crippen LogP contribution in [0.25, 0.3) is 0 Å². The fourth-order valence-electron chi connectivity index (χ4n) is 5.08. The fraction of sp³-hybridized carbons (Fsp3) is 0.743. The SMILES string of the molecule is CCCCCCCCCCCC(=O)NC(C(=O)OCC)C(OC(=O)CCCCCCCCCCC)c1ccccc1. The molecule has 2 unspecified atom stereocenters. The minimum Gasteiger partial charge on any atom is -0.464 e. The van der Waals surface area contributed by atoms with Gasteiger partial charge in [-0.15, -0.1) is 0 Å². The number of carbonyl (C=O) groups is 3. The van der Waals surface area contributed by atoms with Gasteiger partial charge in [0, 0.05) is 12.8 Å². The first-order valence-electron chi connectivity index (χ1n) is 16.7. The van der Waals surface area contributed by atoms with Crippen molar-refractivity contribution in [3.8, 4) is 0 Å². The first-order chi connectivity index (χ1) is 20.0. The van der Waals surface area contributed by atoms with Crippen LogP contribution in [0, 0.1) is 0 Å². The van der Waals surface area contributed by atoms with Gasteiger partial charge in [-0.2, -0.15) is 0 Å². The van der Waals surface area contributed by atoms with Crippen LogP contribution in [0.3, 0.4) is 0 Å². The van der Waals surface area contributed by atoms with E-state index < -0.39 is 18.1 Å². The molecule has 1 aromatic carbocycles. The summed E-state index contributed by atoms with van der Waals surface area (Å²) in [4.78, 5) is 38.8. The first-order valence-corrected chi connectivity index (χ1v) is 16.7. The Morgan fingerprint density at radius 3 is 1.59 bits per heavy atom. The molecule has 0 heterocycles. The van der Waals surface area contributed by atoms with Crippen molar-refractivity contribution >= 4 is 17.8 Å². The Bertz CT molecular complexity index is 797. The maximum Gasteiger partial charge on any atom is 0.332 e. The molecule has 0 bridgehead atoms. The van der Waals surface area contributed by atoms with Crippen molar-refractivity contribution in [2.75, 3.05) is 6.61 Å². The predicted octanol–water partition coefficient (Wildman–Crippen LogP) is 9.16. The van der Waals surface area contributed by atoms with Gasteiger partial charge in [-0.05, 0) is 25.3 Å². The molecule has 0 saturated heterocycles. The number of esters is 2. The van der Waals surface area contributed by atoms with Gasteiger partial charge in [0.25, 0.3) is 0 Å². The molecule has 0 radical (unpaired) electrons. The number of carbonyl (C=O) groups excluding carboxylic acids is 3. The Labute approximate surface area is 250 Å². The van der Waals surface area contributed by atoms with E-state index in [1.54, 1.807) is 6.92 Å². The molecule has 6 nitrogen and oxygen atoms in total. The number of hydrogen-bond acceptors (Lipinski definition) is 5. The summed E-state index contributed by atoms with van der Waals surface area (Å²) in [7, 11) is 0. The summed E-state index contributed by atoms with van der Waals surface area (Å²) in [6, 6.07) is 8.08. The molecule has 234 valence electrons. The zero-order valence-electron chi connectivity index (χ0n) is 26.4. The van der Waals surface area contributed by atoms with E-state index >= 15 is 0 Å². The Morgan fingerprint density at radius 1 is 0.634 bits per heavy atom. The molecule has 2 atom stereocenters. The van der Waals surface area contributed by atoms with Gasteiger partial charge in [0.2, 0.25) is 5.91 Å². The van der Waals surface area contributed by atoms with E-state index in [0.717, 1.165) is 38.5 Å². The topological polar surface area (TPSA) is 81.7 Å². The van der Waals surface area contributed by atoms with Crippen molar-refractivity contribution in [3.05, 3.63) is 35.9 Å². The lowest BCUT2D eigenvalue weighted by Crippen LogP contribution is -2.47. The third-order valence-corrected chi connectivity index (χ3v) is 7.54. The molecular weight excluding hydrogens is 514 g/mol. The molecule has 6 heteroatoms. The largest absolute Gasteiger partial charge is 0.464 e. The molecule has 0 saturated carbocycles. The molecule has 1 rings (SSSR count). The molecule has 0 aromatic heterocycles. The van der Waals surface area contributed by atoms with E-state index in [1.807, 2.05) is 30.3 Å². The highest BCUT2D eigenvalue weighted by molar-refractivity contribution is 5.85. The summed E-state index contributed by atoms with van der Waals surface area (Å²) < 4.78 is 11.2. The molecular formula is C35H59NO5. The molecule has 0 fully saturated rings. The summed E-state index contributed by atoms with van der Waals surface area (Å²) in [5.74, 6) is -1.16. The zero-order valence-corrected chi connectivity index (χ0v) is 26.4.